The van der Waals surface area contributed by atoms with Crippen molar-refractivity contribution < 1.29 is 18.0 Å². The van der Waals surface area contributed by atoms with Gasteiger partial charge in [-0.05, 0) is 12.1 Å². The zero-order valence-electron chi connectivity index (χ0n) is 9.74. The topological polar surface area (TPSA) is 62.7 Å². The molecule has 0 radical (unpaired) electrons. The Labute approximate surface area is 106 Å². The molecule has 0 fully saturated rings. The lowest BCUT2D eigenvalue weighted by Gasteiger charge is -2.11. The highest BCUT2D eigenvalue weighted by atomic mass is 19.4. The summed E-state index contributed by atoms with van der Waals surface area (Å²) in [5.41, 5.74) is 0.638. The first-order valence-electron chi connectivity index (χ1n) is 5.43. The molecule has 2 N–H and O–H groups in total. The van der Waals surface area contributed by atoms with E-state index in [0.29, 0.717) is 5.69 Å². The maximum atomic E-state index is 12.3. The third kappa shape index (κ3) is 3.60. The van der Waals surface area contributed by atoms with Gasteiger partial charge in [0.05, 0.1) is 18.6 Å². The second kappa shape index (κ2) is 5.17. The van der Waals surface area contributed by atoms with Crippen molar-refractivity contribution in [3.63, 3.8) is 0 Å². The largest absolute Gasteiger partial charge is 0.406 e. The van der Waals surface area contributed by atoms with E-state index in [-0.39, 0.29) is 12.2 Å². The van der Waals surface area contributed by atoms with Gasteiger partial charge in [-0.15, -0.1) is 0 Å². The fourth-order valence-electron chi connectivity index (χ4n) is 1.60. The summed E-state index contributed by atoms with van der Waals surface area (Å²) >= 11 is 0. The minimum atomic E-state index is -4.36. The molecular weight excluding hydrogens is 261 g/mol. The second-order valence-corrected chi connectivity index (χ2v) is 3.90. The van der Waals surface area contributed by atoms with Gasteiger partial charge in [-0.25, -0.2) is 4.98 Å². The average Bonchev–Trinajstić information content (AvgIpc) is 2.94. The van der Waals surface area contributed by atoms with Crippen LogP contribution < -0.4 is 5.32 Å². The van der Waals surface area contributed by atoms with E-state index in [1.807, 2.05) is 0 Å². The van der Waals surface area contributed by atoms with Crippen LogP contribution in [-0.4, -0.2) is 26.6 Å². The van der Waals surface area contributed by atoms with Crippen molar-refractivity contribution in [2.45, 2.75) is 19.3 Å². The number of imidazole rings is 1. The maximum Gasteiger partial charge on any atom is 0.406 e. The van der Waals surface area contributed by atoms with Crippen LogP contribution in [0.25, 0.3) is 0 Å². The van der Waals surface area contributed by atoms with E-state index < -0.39 is 18.6 Å². The van der Waals surface area contributed by atoms with Crippen molar-refractivity contribution in [1.82, 2.24) is 19.9 Å². The third-order valence-electron chi connectivity index (χ3n) is 2.41. The summed E-state index contributed by atoms with van der Waals surface area (Å²) in [6.07, 6.45) is -0.168. The van der Waals surface area contributed by atoms with Gasteiger partial charge in [-0.3, -0.25) is 4.79 Å². The molecule has 0 unspecified atom stereocenters. The summed E-state index contributed by atoms with van der Waals surface area (Å²) < 4.78 is 37.8. The summed E-state index contributed by atoms with van der Waals surface area (Å²) in [4.78, 5) is 18.3. The Balaban J connectivity index is 2.01. The third-order valence-corrected chi connectivity index (χ3v) is 2.41. The molecule has 0 bridgehead atoms. The first-order chi connectivity index (χ1) is 8.96. The molecule has 5 nitrogen and oxygen atoms in total. The fourth-order valence-corrected chi connectivity index (χ4v) is 1.60. The number of carbonyl (C=O) groups excluding carboxylic acids is 1. The summed E-state index contributed by atoms with van der Waals surface area (Å²) in [5, 5.41) is 2.52. The van der Waals surface area contributed by atoms with Crippen LogP contribution >= 0.6 is 0 Å². The predicted molar refractivity (Wildman–Crippen MR) is 60.2 cm³/mol. The van der Waals surface area contributed by atoms with E-state index in [1.165, 1.54) is 30.9 Å². The van der Waals surface area contributed by atoms with Crippen LogP contribution in [0.5, 0.6) is 0 Å². The summed E-state index contributed by atoms with van der Waals surface area (Å²) in [6, 6.07) is 2.74. The van der Waals surface area contributed by atoms with Gasteiger partial charge >= 0.3 is 6.18 Å². The maximum absolute atomic E-state index is 12.3. The molecular formula is C11H11F3N4O. The molecule has 102 valence electrons. The molecule has 8 heteroatoms. The van der Waals surface area contributed by atoms with E-state index in [9.17, 15) is 18.0 Å². The van der Waals surface area contributed by atoms with Crippen LogP contribution in [0, 0.1) is 0 Å². The van der Waals surface area contributed by atoms with Gasteiger partial charge in [0.25, 0.3) is 5.91 Å². The molecule has 0 saturated heterocycles. The number of aromatic amines is 1. The van der Waals surface area contributed by atoms with E-state index in [0.717, 1.165) is 4.57 Å². The van der Waals surface area contributed by atoms with Crippen LogP contribution in [0.3, 0.4) is 0 Å². The molecule has 0 aliphatic carbocycles. The highest BCUT2D eigenvalue weighted by Crippen LogP contribution is 2.19. The number of aromatic nitrogens is 3. The van der Waals surface area contributed by atoms with Gasteiger partial charge in [-0.2, -0.15) is 13.2 Å². The zero-order valence-corrected chi connectivity index (χ0v) is 9.74. The first-order valence-corrected chi connectivity index (χ1v) is 5.43. The SMILES string of the molecule is O=C(NCc1cnc[nH]1)c1cccn1CC(F)(F)F. The number of amides is 1. The molecule has 0 atom stereocenters. The Bertz CT molecular complexity index is 545. The van der Waals surface area contributed by atoms with Gasteiger partial charge in [0.2, 0.25) is 0 Å². The second-order valence-electron chi connectivity index (χ2n) is 3.90. The molecule has 0 aromatic carbocycles. The number of carbonyl (C=O) groups is 1. The van der Waals surface area contributed by atoms with Crippen LogP contribution in [0.15, 0.2) is 30.9 Å². The fraction of sp³-hybridized carbons (Fsp3) is 0.273. The van der Waals surface area contributed by atoms with Gasteiger partial charge in [-0.1, -0.05) is 0 Å². The number of hydrogen-bond donors (Lipinski definition) is 2. The van der Waals surface area contributed by atoms with E-state index in [1.54, 1.807) is 0 Å². The molecule has 2 rings (SSSR count). The smallest absolute Gasteiger partial charge is 0.347 e. The number of halogens is 3. The van der Waals surface area contributed by atoms with Gasteiger partial charge in [0.15, 0.2) is 0 Å². The highest BCUT2D eigenvalue weighted by molar-refractivity contribution is 5.92. The van der Waals surface area contributed by atoms with Crippen molar-refractivity contribution in [3.05, 3.63) is 42.2 Å². The van der Waals surface area contributed by atoms with Crippen LogP contribution in [0.1, 0.15) is 16.2 Å². The number of alkyl halides is 3. The number of H-pyrrole nitrogens is 1. The quantitative estimate of drug-likeness (QED) is 0.890. The molecule has 19 heavy (non-hydrogen) atoms. The van der Waals surface area contributed by atoms with E-state index >= 15 is 0 Å². The molecule has 0 saturated carbocycles. The monoisotopic (exact) mass is 272 g/mol. The molecule has 1 amide bonds. The summed E-state index contributed by atoms with van der Waals surface area (Å²) in [5.74, 6) is -0.566. The van der Waals surface area contributed by atoms with Crippen molar-refractivity contribution in [3.8, 4) is 0 Å². The Morgan fingerprint density at radius 3 is 2.89 bits per heavy atom. The number of rotatable bonds is 4. The van der Waals surface area contributed by atoms with Gasteiger partial charge in [0.1, 0.15) is 12.2 Å². The molecule has 2 aromatic rings. The van der Waals surface area contributed by atoms with Crippen LogP contribution in [-0.2, 0) is 13.1 Å². The Hall–Kier alpha value is -2.25. The van der Waals surface area contributed by atoms with Crippen molar-refractivity contribution in [2.75, 3.05) is 0 Å². The predicted octanol–water partition coefficient (Wildman–Crippen LogP) is 1.70. The minimum Gasteiger partial charge on any atom is -0.347 e. The number of hydrogen-bond acceptors (Lipinski definition) is 2. The summed E-state index contributed by atoms with van der Waals surface area (Å²) in [6.45, 7) is -1.01. The standard InChI is InChI=1S/C11H11F3N4O/c12-11(13,14)6-18-3-1-2-9(18)10(19)16-5-8-4-15-7-17-8/h1-4,7H,5-6H2,(H,15,17)(H,16,19). The van der Waals surface area contributed by atoms with Crippen molar-refractivity contribution >= 4 is 5.91 Å². The molecule has 0 spiro atoms. The van der Waals surface area contributed by atoms with E-state index in [4.69, 9.17) is 0 Å². The van der Waals surface area contributed by atoms with Crippen molar-refractivity contribution in [2.24, 2.45) is 0 Å². The van der Waals surface area contributed by atoms with Crippen LogP contribution in [0.4, 0.5) is 13.2 Å². The normalized spacial score (nSPS) is 11.5. The lowest BCUT2D eigenvalue weighted by Crippen LogP contribution is -2.28. The Morgan fingerprint density at radius 1 is 1.47 bits per heavy atom. The lowest BCUT2D eigenvalue weighted by molar-refractivity contribution is -0.140. The van der Waals surface area contributed by atoms with Crippen molar-refractivity contribution in [1.29, 1.82) is 0 Å². The molecule has 0 aliphatic heterocycles. The van der Waals surface area contributed by atoms with Crippen LogP contribution in [0.2, 0.25) is 0 Å². The Morgan fingerprint density at radius 2 is 2.26 bits per heavy atom. The van der Waals surface area contributed by atoms with Gasteiger partial charge in [0, 0.05) is 12.4 Å². The first kappa shape index (κ1) is 13.2. The highest BCUT2D eigenvalue weighted by Gasteiger charge is 2.29. The zero-order chi connectivity index (χ0) is 13.9. The summed E-state index contributed by atoms with van der Waals surface area (Å²) in [7, 11) is 0. The number of nitrogens with zero attached hydrogens (tertiary/aromatic N) is 2. The van der Waals surface area contributed by atoms with Gasteiger partial charge < -0.3 is 14.9 Å². The molecule has 2 aromatic heterocycles. The minimum absolute atomic E-state index is 0.0307. The molecule has 0 aliphatic rings. The number of nitrogens with one attached hydrogen (secondary N) is 2. The molecule has 2 heterocycles. The average molecular weight is 272 g/mol. The van der Waals surface area contributed by atoms with E-state index in [2.05, 4.69) is 15.3 Å². The Kier molecular flexibility index (Phi) is 3.59. The lowest BCUT2D eigenvalue weighted by atomic mass is 10.3.